The second-order valence-corrected chi connectivity index (χ2v) is 7.06. The largest absolute Gasteiger partial charge is 0.362 e. The van der Waals surface area contributed by atoms with Gasteiger partial charge >= 0.3 is 0 Å². The third kappa shape index (κ3) is 2.51. The SMILES string of the molecule is N#CC(=C1C(=O)c2c(Cl)c(Cl)c(Cl)c(Cl)c2C1=O)N1CCCCC1. The van der Waals surface area contributed by atoms with Gasteiger partial charge in [0.25, 0.3) is 0 Å². The van der Waals surface area contributed by atoms with Gasteiger partial charge in [0.05, 0.1) is 31.2 Å². The topological polar surface area (TPSA) is 61.2 Å². The van der Waals surface area contributed by atoms with Gasteiger partial charge in [-0.15, -0.1) is 0 Å². The van der Waals surface area contributed by atoms with Gasteiger partial charge in [-0.05, 0) is 19.3 Å². The standard InChI is InChI=1S/C16H10Cl4N2O2/c17-11-9-10(12(18)14(20)13(11)19)16(24)8(15(9)23)7(6-21)22-4-2-1-3-5-22/h1-5H2. The van der Waals surface area contributed by atoms with Crippen LogP contribution in [0.5, 0.6) is 0 Å². The molecule has 1 aromatic rings. The molecule has 0 unspecified atom stereocenters. The summed E-state index contributed by atoms with van der Waals surface area (Å²) in [5, 5.41) is 9.12. The van der Waals surface area contributed by atoms with Crippen LogP contribution in [-0.4, -0.2) is 29.6 Å². The van der Waals surface area contributed by atoms with Crippen molar-refractivity contribution in [2.45, 2.75) is 19.3 Å². The van der Waals surface area contributed by atoms with Crippen LogP contribution in [0.4, 0.5) is 0 Å². The fraction of sp³-hybridized carbons (Fsp3) is 0.312. The Morgan fingerprint density at radius 3 is 1.71 bits per heavy atom. The van der Waals surface area contributed by atoms with Crippen molar-refractivity contribution >= 4 is 58.0 Å². The number of carbonyl (C=O) groups is 2. The minimum absolute atomic E-state index is 0.0558. The molecule has 0 N–H and O–H groups in total. The van der Waals surface area contributed by atoms with Gasteiger partial charge in [-0.3, -0.25) is 9.59 Å². The summed E-state index contributed by atoms with van der Waals surface area (Å²) in [5.41, 5.74) is -0.321. The monoisotopic (exact) mass is 402 g/mol. The number of piperidine rings is 1. The number of carbonyl (C=O) groups excluding carboxylic acids is 2. The first-order valence-corrected chi connectivity index (χ1v) is 8.76. The Hall–Kier alpha value is -1.25. The molecular weight excluding hydrogens is 394 g/mol. The molecule has 8 heteroatoms. The summed E-state index contributed by atoms with van der Waals surface area (Å²) < 4.78 is 0. The molecule has 4 nitrogen and oxygen atoms in total. The first kappa shape index (κ1) is 17.6. The van der Waals surface area contributed by atoms with Crippen molar-refractivity contribution in [3.63, 3.8) is 0 Å². The summed E-state index contributed by atoms with van der Waals surface area (Å²) in [5.74, 6) is -1.27. The molecule has 2 aliphatic rings. The van der Waals surface area contributed by atoms with Crippen LogP contribution in [0.25, 0.3) is 0 Å². The molecule has 0 amide bonds. The fourth-order valence-electron chi connectivity index (χ4n) is 3.03. The van der Waals surface area contributed by atoms with Crippen LogP contribution < -0.4 is 0 Å². The van der Waals surface area contributed by atoms with Crippen LogP contribution in [0.3, 0.4) is 0 Å². The van der Waals surface area contributed by atoms with Crippen molar-refractivity contribution in [1.82, 2.24) is 4.90 Å². The molecule has 0 radical (unpaired) electrons. The Labute approximate surface area is 158 Å². The first-order chi connectivity index (χ1) is 11.4. The highest BCUT2D eigenvalue weighted by Gasteiger charge is 2.42. The normalized spacial score (nSPS) is 17.1. The summed E-state index contributed by atoms with van der Waals surface area (Å²) in [6.07, 6.45) is 2.84. The van der Waals surface area contributed by atoms with E-state index in [0.29, 0.717) is 13.1 Å². The number of Topliss-reactive ketones (excluding diaryl/α,β-unsaturated/α-hetero) is 2. The zero-order valence-electron chi connectivity index (χ0n) is 12.3. The lowest BCUT2D eigenvalue weighted by Crippen LogP contribution is -2.30. The second-order valence-electron chi connectivity index (χ2n) is 5.55. The van der Waals surface area contributed by atoms with Gasteiger partial charge in [-0.1, -0.05) is 46.4 Å². The quantitative estimate of drug-likeness (QED) is 0.219. The van der Waals surface area contributed by atoms with E-state index in [1.165, 1.54) is 0 Å². The lowest BCUT2D eigenvalue weighted by atomic mass is 10.1. The van der Waals surface area contributed by atoms with Crippen LogP contribution in [-0.2, 0) is 0 Å². The highest BCUT2D eigenvalue weighted by Crippen LogP contribution is 2.46. The van der Waals surface area contributed by atoms with Crippen molar-refractivity contribution in [1.29, 1.82) is 5.26 Å². The summed E-state index contributed by atoms with van der Waals surface area (Å²) >= 11 is 24.2. The van der Waals surface area contributed by atoms with Gasteiger partial charge in [0.15, 0.2) is 0 Å². The average Bonchev–Trinajstić information content (AvgIpc) is 2.85. The van der Waals surface area contributed by atoms with E-state index in [0.717, 1.165) is 19.3 Å². The van der Waals surface area contributed by atoms with E-state index < -0.39 is 11.6 Å². The van der Waals surface area contributed by atoms with E-state index in [1.807, 2.05) is 6.07 Å². The van der Waals surface area contributed by atoms with Gasteiger partial charge in [0.1, 0.15) is 17.3 Å². The molecule has 24 heavy (non-hydrogen) atoms. The number of ketones is 2. The maximum Gasteiger partial charge on any atom is 0.202 e. The van der Waals surface area contributed by atoms with E-state index in [1.54, 1.807) is 4.90 Å². The molecule has 1 aromatic carbocycles. The number of likely N-dealkylation sites (tertiary alicyclic amines) is 1. The number of fused-ring (bicyclic) bond motifs is 1. The van der Waals surface area contributed by atoms with Crippen LogP contribution >= 0.6 is 46.4 Å². The predicted octanol–water partition coefficient (Wildman–Crippen LogP) is 4.94. The molecule has 1 aliphatic carbocycles. The first-order valence-electron chi connectivity index (χ1n) is 7.24. The minimum Gasteiger partial charge on any atom is -0.362 e. The zero-order valence-corrected chi connectivity index (χ0v) is 15.3. The number of nitrogens with zero attached hydrogens (tertiary/aromatic N) is 2. The molecule has 0 saturated carbocycles. The molecule has 3 rings (SSSR count). The van der Waals surface area contributed by atoms with Gasteiger partial charge < -0.3 is 4.90 Å². The minimum atomic E-state index is -0.636. The highest BCUT2D eigenvalue weighted by atomic mass is 35.5. The van der Waals surface area contributed by atoms with Crippen LogP contribution in [0.15, 0.2) is 11.3 Å². The third-order valence-corrected chi connectivity index (χ3v) is 5.99. The van der Waals surface area contributed by atoms with E-state index in [-0.39, 0.29) is 42.5 Å². The predicted molar refractivity (Wildman–Crippen MR) is 93.2 cm³/mol. The Morgan fingerprint density at radius 1 is 0.833 bits per heavy atom. The van der Waals surface area contributed by atoms with Crippen molar-refractivity contribution < 1.29 is 9.59 Å². The zero-order chi connectivity index (χ0) is 17.6. The Bertz CT molecular complexity index is 800. The highest BCUT2D eigenvalue weighted by molar-refractivity contribution is 6.57. The molecule has 0 bridgehead atoms. The maximum atomic E-state index is 12.8. The average molecular weight is 404 g/mol. The van der Waals surface area contributed by atoms with Gasteiger partial charge in [-0.25, -0.2) is 0 Å². The molecule has 124 valence electrons. The fourth-order valence-corrected chi connectivity index (χ4v) is 4.05. The van der Waals surface area contributed by atoms with Crippen molar-refractivity contribution in [2.75, 3.05) is 13.1 Å². The molecule has 1 aliphatic heterocycles. The number of benzene rings is 1. The smallest absolute Gasteiger partial charge is 0.202 e. The number of hydrogen-bond donors (Lipinski definition) is 0. The van der Waals surface area contributed by atoms with Crippen molar-refractivity contribution in [2.24, 2.45) is 0 Å². The summed E-state index contributed by atoms with van der Waals surface area (Å²) in [4.78, 5) is 27.3. The molecule has 1 saturated heterocycles. The summed E-state index contributed by atoms with van der Waals surface area (Å²) in [6.45, 7) is 1.23. The Balaban J connectivity index is 2.24. The number of hydrogen-bond acceptors (Lipinski definition) is 4. The molecule has 1 heterocycles. The Kier molecular flexibility index (Phi) is 4.81. The summed E-state index contributed by atoms with van der Waals surface area (Å²) in [7, 11) is 0. The number of allylic oxidation sites excluding steroid dienone is 2. The van der Waals surface area contributed by atoms with E-state index in [2.05, 4.69) is 0 Å². The van der Waals surface area contributed by atoms with E-state index >= 15 is 0 Å². The second kappa shape index (κ2) is 6.57. The lowest BCUT2D eigenvalue weighted by Gasteiger charge is -2.28. The van der Waals surface area contributed by atoms with Crippen LogP contribution in [0.1, 0.15) is 40.0 Å². The number of rotatable bonds is 1. The van der Waals surface area contributed by atoms with E-state index in [9.17, 15) is 14.9 Å². The molecule has 0 atom stereocenters. The van der Waals surface area contributed by atoms with Gasteiger partial charge in [-0.2, -0.15) is 5.26 Å². The van der Waals surface area contributed by atoms with Crippen molar-refractivity contribution in [3.8, 4) is 6.07 Å². The lowest BCUT2D eigenvalue weighted by molar-refractivity contribution is 0.0982. The maximum absolute atomic E-state index is 12.8. The number of nitriles is 1. The summed E-state index contributed by atoms with van der Waals surface area (Å²) in [6, 6.07) is 1.99. The molecular formula is C16H10Cl4N2O2. The van der Waals surface area contributed by atoms with Gasteiger partial charge in [0, 0.05) is 13.1 Å². The Morgan fingerprint density at radius 2 is 1.29 bits per heavy atom. The third-order valence-electron chi connectivity index (χ3n) is 4.19. The van der Waals surface area contributed by atoms with E-state index in [4.69, 9.17) is 46.4 Å². The van der Waals surface area contributed by atoms with Crippen LogP contribution in [0, 0.1) is 11.3 Å². The van der Waals surface area contributed by atoms with Gasteiger partial charge in [0.2, 0.25) is 11.6 Å². The molecule has 0 spiro atoms. The van der Waals surface area contributed by atoms with Crippen LogP contribution in [0.2, 0.25) is 20.1 Å². The number of halogens is 4. The molecule has 0 aromatic heterocycles. The molecule has 1 fully saturated rings. The van der Waals surface area contributed by atoms with Crippen molar-refractivity contribution in [3.05, 3.63) is 42.5 Å².